The highest BCUT2D eigenvalue weighted by Gasteiger charge is 2.22. The van der Waals surface area contributed by atoms with Gasteiger partial charge in [-0.1, -0.05) is 37.6 Å². The summed E-state index contributed by atoms with van der Waals surface area (Å²) in [5.41, 5.74) is 3.15. The van der Waals surface area contributed by atoms with E-state index in [1.54, 1.807) is 30.5 Å². The number of carbonyl (C=O) groups is 1. The molecule has 0 radical (unpaired) electrons. The van der Waals surface area contributed by atoms with Crippen LogP contribution in [-0.2, 0) is 4.74 Å². The molecule has 32 heavy (non-hydrogen) atoms. The molecule has 4 aromatic rings. The predicted molar refractivity (Wildman–Crippen MR) is 124 cm³/mol. The lowest BCUT2D eigenvalue weighted by molar-refractivity contribution is 0.0500. The highest BCUT2D eigenvalue weighted by Crippen LogP contribution is 2.37. The summed E-state index contributed by atoms with van der Waals surface area (Å²) in [4.78, 5) is 16.9. The molecule has 6 nitrogen and oxygen atoms in total. The number of nitrogens with zero attached hydrogens (tertiary/aromatic N) is 1. The number of fused-ring (bicyclic) bond motifs is 1. The lowest BCUT2D eigenvalue weighted by Crippen LogP contribution is -2.13. The topological polar surface area (TPSA) is 84.6 Å². The molecule has 0 aliphatic carbocycles. The van der Waals surface area contributed by atoms with Gasteiger partial charge < -0.3 is 19.6 Å². The van der Waals surface area contributed by atoms with E-state index in [0.717, 1.165) is 23.9 Å². The third-order valence-electron chi connectivity index (χ3n) is 5.28. The number of unbranched alkanes of at least 4 members (excludes halogenated alkanes) is 1. The zero-order valence-corrected chi connectivity index (χ0v) is 18.2. The van der Waals surface area contributed by atoms with E-state index < -0.39 is 6.04 Å². The molecule has 0 aliphatic rings. The smallest absolute Gasteiger partial charge is 0.338 e. The molecule has 2 heterocycles. The average Bonchev–Trinajstić information content (AvgIpc) is 3.33. The molecule has 0 spiro atoms. The lowest BCUT2D eigenvalue weighted by atomic mass is 10.00. The van der Waals surface area contributed by atoms with Crippen molar-refractivity contribution in [3.05, 3.63) is 89.5 Å². The van der Waals surface area contributed by atoms with Crippen molar-refractivity contribution in [3.63, 3.8) is 0 Å². The van der Waals surface area contributed by atoms with Gasteiger partial charge >= 0.3 is 5.97 Å². The number of nitrogens with one attached hydrogen (secondary N) is 1. The van der Waals surface area contributed by atoms with Crippen LogP contribution < -0.4 is 5.32 Å². The fourth-order valence-electron chi connectivity index (χ4n) is 3.57. The Balaban J connectivity index is 1.68. The number of ether oxygens (including phenoxy) is 1. The van der Waals surface area contributed by atoms with Crippen molar-refractivity contribution in [2.45, 2.75) is 32.7 Å². The molecule has 0 saturated heterocycles. The number of hydrogen-bond donors (Lipinski definition) is 2. The first kappa shape index (κ1) is 21.4. The molecule has 0 saturated carbocycles. The minimum atomic E-state index is -0.483. The normalized spacial score (nSPS) is 11.9. The van der Waals surface area contributed by atoms with Gasteiger partial charge in [0, 0.05) is 22.3 Å². The quantitative estimate of drug-likeness (QED) is 0.263. The molecule has 2 N–H and O–H groups in total. The van der Waals surface area contributed by atoms with E-state index in [1.807, 2.05) is 50.2 Å². The fourth-order valence-corrected chi connectivity index (χ4v) is 3.57. The summed E-state index contributed by atoms with van der Waals surface area (Å²) in [7, 11) is 0. The van der Waals surface area contributed by atoms with Crippen LogP contribution in [0, 0.1) is 6.92 Å². The Morgan fingerprint density at radius 3 is 2.78 bits per heavy atom. The third-order valence-corrected chi connectivity index (χ3v) is 5.28. The minimum absolute atomic E-state index is 0.0928. The molecular formula is C26H26N2O4. The Morgan fingerprint density at radius 2 is 2.00 bits per heavy atom. The zero-order chi connectivity index (χ0) is 22.5. The van der Waals surface area contributed by atoms with Crippen LogP contribution in [0.3, 0.4) is 0 Å². The van der Waals surface area contributed by atoms with Crippen molar-refractivity contribution in [1.29, 1.82) is 0 Å². The van der Waals surface area contributed by atoms with Gasteiger partial charge in [0.15, 0.2) is 0 Å². The lowest BCUT2D eigenvalue weighted by Gasteiger charge is -2.20. The summed E-state index contributed by atoms with van der Waals surface area (Å²) in [6, 6.07) is 17.9. The standard InChI is InChI=1S/C26H26N2O4/c1-3-4-14-32-26(30)19-7-5-8-20(16-19)28-24(22-9-6-15-31-22)21-13-12-18-11-10-17(2)27-23(18)25(21)29/h5-13,15-16,24,28-29H,3-4,14H2,1-2H3. The van der Waals surface area contributed by atoms with E-state index in [0.29, 0.717) is 34.7 Å². The van der Waals surface area contributed by atoms with E-state index in [9.17, 15) is 9.90 Å². The number of carbonyl (C=O) groups excluding carboxylic acids is 1. The summed E-state index contributed by atoms with van der Waals surface area (Å²) in [5, 5.41) is 15.3. The maximum Gasteiger partial charge on any atom is 0.338 e. The van der Waals surface area contributed by atoms with Crippen LogP contribution in [0.1, 0.15) is 53.2 Å². The summed E-state index contributed by atoms with van der Waals surface area (Å²) in [5.74, 6) is 0.364. The number of aryl methyl sites for hydroxylation is 1. The van der Waals surface area contributed by atoms with Crippen LogP contribution in [0.25, 0.3) is 10.9 Å². The fraction of sp³-hybridized carbons (Fsp3) is 0.231. The summed E-state index contributed by atoms with van der Waals surface area (Å²) in [6.45, 7) is 4.34. The Kier molecular flexibility index (Phi) is 6.40. The van der Waals surface area contributed by atoms with Gasteiger partial charge in [-0.3, -0.25) is 0 Å². The largest absolute Gasteiger partial charge is 0.505 e. The van der Waals surface area contributed by atoms with Gasteiger partial charge in [0.25, 0.3) is 0 Å². The van der Waals surface area contributed by atoms with Crippen LogP contribution in [0.4, 0.5) is 5.69 Å². The molecule has 0 bridgehead atoms. The van der Waals surface area contributed by atoms with Crippen molar-refractivity contribution in [1.82, 2.24) is 4.98 Å². The second-order valence-electron chi connectivity index (χ2n) is 7.69. The van der Waals surface area contributed by atoms with E-state index >= 15 is 0 Å². The molecule has 1 atom stereocenters. The first-order chi connectivity index (χ1) is 15.6. The van der Waals surface area contributed by atoms with E-state index in [1.165, 1.54) is 0 Å². The van der Waals surface area contributed by atoms with Crippen LogP contribution in [0.5, 0.6) is 5.75 Å². The molecule has 2 aromatic heterocycles. The number of pyridine rings is 1. The maximum atomic E-state index is 12.4. The Bertz CT molecular complexity index is 1220. The van der Waals surface area contributed by atoms with Gasteiger partial charge in [0.2, 0.25) is 0 Å². The SMILES string of the molecule is CCCCOC(=O)c1cccc(NC(c2ccco2)c2ccc3ccc(C)nc3c2O)c1. The number of benzene rings is 2. The maximum absolute atomic E-state index is 12.4. The van der Waals surface area contributed by atoms with Crippen molar-refractivity contribution >= 4 is 22.6 Å². The van der Waals surface area contributed by atoms with Crippen LogP contribution in [0.2, 0.25) is 0 Å². The number of anilines is 1. The van der Waals surface area contributed by atoms with Crippen molar-refractivity contribution in [2.75, 3.05) is 11.9 Å². The van der Waals surface area contributed by atoms with Crippen LogP contribution >= 0.6 is 0 Å². The highest BCUT2D eigenvalue weighted by molar-refractivity contribution is 5.90. The van der Waals surface area contributed by atoms with Gasteiger partial charge in [-0.2, -0.15) is 0 Å². The molecule has 0 fully saturated rings. The predicted octanol–water partition coefficient (Wildman–Crippen LogP) is 6.00. The first-order valence-electron chi connectivity index (χ1n) is 10.7. The number of hydrogen-bond acceptors (Lipinski definition) is 6. The number of phenolic OH excluding ortho intramolecular Hbond substituents is 1. The average molecular weight is 431 g/mol. The summed E-state index contributed by atoms with van der Waals surface area (Å²) < 4.78 is 11.0. The molecule has 0 aliphatic heterocycles. The number of phenols is 1. The van der Waals surface area contributed by atoms with Crippen LogP contribution in [-0.4, -0.2) is 22.7 Å². The summed E-state index contributed by atoms with van der Waals surface area (Å²) >= 11 is 0. The molecular weight excluding hydrogens is 404 g/mol. The number of aromatic nitrogens is 1. The number of rotatable bonds is 8. The van der Waals surface area contributed by atoms with Gasteiger partial charge in [0.05, 0.1) is 18.4 Å². The monoisotopic (exact) mass is 430 g/mol. The van der Waals surface area contributed by atoms with Crippen molar-refractivity contribution in [2.24, 2.45) is 0 Å². The molecule has 1 unspecified atom stereocenters. The van der Waals surface area contributed by atoms with Crippen molar-refractivity contribution < 1.29 is 19.1 Å². The molecule has 164 valence electrons. The van der Waals surface area contributed by atoms with Gasteiger partial charge in [-0.15, -0.1) is 0 Å². The van der Waals surface area contributed by atoms with E-state index in [2.05, 4.69) is 10.3 Å². The zero-order valence-electron chi connectivity index (χ0n) is 18.2. The van der Waals surface area contributed by atoms with Gasteiger partial charge in [-0.25, -0.2) is 9.78 Å². The second kappa shape index (κ2) is 9.56. The van der Waals surface area contributed by atoms with Gasteiger partial charge in [0.1, 0.15) is 23.1 Å². The third kappa shape index (κ3) is 4.59. The second-order valence-corrected chi connectivity index (χ2v) is 7.69. The van der Waals surface area contributed by atoms with Gasteiger partial charge in [-0.05, 0) is 49.7 Å². The molecule has 2 aromatic carbocycles. The molecule has 0 amide bonds. The van der Waals surface area contributed by atoms with E-state index in [4.69, 9.17) is 9.15 Å². The van der Waals surface area contributed by atoms with Crippen LogP contribution in [0.15, 0.2) is 71.3 Å². The Hall–Kier alpha value is -3.80. The molecule has 6 heteroatoms. The van der Waals surface area contributed by atoms with Crippen molar-refractivity contribution in [3.8, 4) is 5.75 Å². The highest BCUT2D eigenvalue weighted by atomic mass is 16.5. The number of esters is 1. The Labute approximate surface area is 186 Å². The molecule has 4 rings (SSSR count). The number of furan rings is 1. The Morgan fingerprint density at radius 1 is 1.16 bits per heavy atom. The summed E-state index contributed by atoms with van der Waals surface area (Å²) in [6.07, 6.45) is 3.38. The number of aromatic hydroxyl groups is 1. The first-order valence-corrected chi connectivity index (χ1v) is 10.7. The van der Waals surface area contributed by atoms with E-state index in [-0.39, 0.29) is 11.7 Å². The minimum Gasteiger partial charge on any atom is -0.505 e.